The summed E-state index contributed by atoms with van der Waals surface area (Å²) in [6, 6.07) is 7.95. The molecular formula is C13H16N2O2. The summed E-state index contributed by atoms with van der Waals surface area (Å²) in [4.78, 5) is 10.5. The number of anilines is 1. The van der Waals surface area contributed by atoms with Crippen molar-refractivity contribution < 1.29 is 9.90 Å². The highest BCUT2D eigenvalue weighted by Crippen LogP contribution is 2.20. The van der Waals surface area contributed by atoms with E-state index in [0.29, 0.717) is 6.42 Å². The molecule has 0 aromatic heterocycles. The Labute approximate surface area is 101 Å². The van der Waals surface area contributed by atoms with E-state index in [2.05, 4.69) is 5.10 Å². The van der Waals surface area contributed by atoms with Gasteiger partial charge in [0.1, 0.15) is 0 Å². The molecule has 1 aromatic carbocycles. The zero-order chi connectivity index (χ0) is 12.3. The van der Waals surface area contributed by atoms with Crippen LogP contribution in [0.1, 0.15) is 25.3 Å². The van der Waals surface area contributed by atoms with Gasteiger partial charge < -0.3 is 5.11 Å². The molecule has 0 saturated carbocycles. The first-order valence-electron chi connectivity index (χ1n) is 5.77. The van der Waals surface area contributed by atoms with Crippen molar-refractivity contribution in [1.29, 1.82) is 0 Å². The quantitative estimate of drug-likeness (QED) is 0.866. The molecule has 0 unspecified atom stereocenters. The SMILES string of the molecule is CC1=NN(c2ccc(CCC(=O)O)cc2)CC1. The Balaban J connectivity index is 2.00. The average Bonchev–Trinajstić information content (AvgIpc) is 2.74. The van der Waals surface area contributed by atoms with E-state index in [0.717, 1.165) is 29.9 Å². The molecule has 1 aromatic rings. The van der Waals surface area contributed by atoms with E-state index in [9.17, 15) is 4.79 Å². The van der Waals surface area contributed by atoms with Crippen LogP contribution in [-0.2, 0) is 11.2 Å². The molecule has 1 heterocycles. The largest absolute Gasteiger partial charge is 0.481 e. The maximum Gasteiger partial charge on any atom is 0.303 e. The summed E-state index contributed by atoms with van der Waals surface area (Å²) in [5.74, 6) is -0.756. The first-order valence-corrected chi connectivity index (χ1v) is 5.77. The second kappa shape index (κ2) is 4.99. The summed E-state index contributed by atoms with van der Waals surface area (Å²) in [5, 5.41) is 15.0. The van der Waals surface area contributed by atoms with Crippen molar-refractivity contribution in [2.45, 2.75) is 26.2 Å². The third kappa shape index (κ3) is 3.06. The van der Waals surface area contributed by atoms with Gasteiger partial charge in [0.2, 0.25) is 0 Å². The molecule has 0 aliphatic carbocycles. The molecule has 0 radical (unpaired) electrons. The molecule has 0 bridgehead atoms. The fourth-order valence-corrected chi connectivity index (χ4v) is 1.85. The number of hydrogen-bond donors (Lipinski definition) is 1. The second-order valence-electron chi connectivity index (χ2n) is 4.27. The smallest absolute Gasteiger partial charge is 0.303 e. The maximum absolute atomic E-state index is 10.5. The van der Waals surface area contributed by atoms with Gasteiger partial charge in [-0.25, -0.2) is 0 Å². The number of hydrogen-bond acceptors (Lipinski definition) is 3. The van der Waals surface area contributed by atoms with Crippen LogP contribution in [0.5, 0.6) is 0 Å². The fraction of sp³-hybridized carbons (Fsp3) is 0.385. The van der Waals surface area contributed by atoms with E-state index in [4.69, 9.17) is 5.11 Å². The number of aryl methyl sites for hydroxylation is 1. The van der Waals surface area contributed by atoms with Gasteiger partial charge in [0.25, 0.3) is 0 Å². The summed E-state index contributed by atoms with van der Waals surface area (Å²) < 4.78 is 0. The molecule has 0 fully saturated rings. The van der Waals surface area contributed by atoms with E-state index in [-0.39, 0.29) is 6.42 Å². The molecule has 0 amide bonds. The van der Waals surface area contributed by atoms with Crippen molar-refractivity contribution in [3.63, 3.8) is 0 Å². The highest BCUT2D eigenvalue weighted by molar-refractivity contribution is 5.85. The highest BCUT2D eigenvalue weighted by atomic mass is 16.4. The number of carboxylic acids is 1. The van der Waals surface area contributed by atoms with Gasteiger partial charge in [0.05, 0.1) is 5.69 Å². The summed E-state index contributed by atoms with van der Waals surface area (Å²) >= 11 is 0. The topological polar surface area (TPSA) is 52.9 Å². The van der Waals surface area contributed by atoms with E-state index in [1.165, 1.54) is 0 Å². The molecule has 0 spiro atoms. The number of carbonyl (C=O) groups is 1. The molecule has 4 nitrogen and oxygen atoms in total. The summed E-state index contributed by atoms with van der Waals surface area (Å²) in [6.45, 7) is 2.96. The van der Waals surface area contributed by atoms with Crippen LogP contribution in [0, 0.1) is 0 Å². The van der Waals surface area contributed by atoms with Crippen LogP contribution in [0.2, 0.25) is 0 Å². The molecule has 4 heteroatoms. The lowest BCUT2D eigenvalue weighted by Crippen LogP contribution is -2.11. The molecule has 1 aliphatic rings. The van der Waals surface area contributed by atoms with Crippen LogP contribution in [0.3, 0.4) is 0 Å². The lowest BCUT2D eigenvalue weighted by atomic mass is 10.1. The fourth-order valence-electron chi connectivity index (χ4n) is 1.85. The van der Waals surface area contributed by atoms with Crippen molar-refractivity contribution >= 4 is 17.4 Å². The van der Waals surface area contributed by atoms with Crippen LogP contribution in [-0.4, -0.2) is 23.3 Å². The first-order chi connectivity index (χ1) is 8.15. The van der Waals surface area contributed by atoms with Gasteiger partial charge in [-0.15, -0.1) is 0 Å². The van der Waals surface area contributed by atoms with Gasteiger partial charge in [-0.2, -0.15) is 5.10 Å². The van der Waals surface area contributed by atoms with Gasteiger partial charge in [-0.3, -0.25) is 9.80 Å². The standard InChI is InChI=1S/C13H16N2O2/c1-10-8-9-15(14-10)12-5-2-11(3-6-12)4-7-13(16)17/h2-3,5-6H,4,7-9H2,1H3,(H,16,17). The minimum Gasteiger partial charge on any atom is -0.481 e. The van der Waals surface area contributed by atoms with Gasteiger partial charge in [0.15, 0.2) is 0 Å². The third-order valence-electron chi connectivity index (χ3n) is 2.84. The number of benzene rings is 1. The minimum absolute atomic E-state index is 0.181. The van der Waals surface area contributed by atoms with E-state index in [1.54, 1.807) is 0 Å². The average molecular weight is 232 g/mol. The number of aliphatic carboxylic acids is 1. The molecule has 2 rings (SSSR count). The molecule has 90 valence electrons. The van der Waals surface area contributed by atoms with E-state index in [1.807, 2.05) is 36.2 Å². The van der Waals surface area contributed by atoms with E-state index < -0.39 is 5.97 Å². The second-order valence-corrected chi connectivity index (χ2v) is 4.27. The van der Waals surface area contributed by atoms with E-state index >= 15 is 0 Å². The van der Waals surface area contributed by atoms with Crippen molar-refractivity contribution in [3.05, 3.63) is 29.8 Å². The molecule has 0 saturated heterocycles. The molecule has 0 atom stereocenters. The first kappa shape index (κ1) is 11.6. The van der Waals surface area contributed by atoms with Crippen LogP contribution >= 0.6 is 0 Å². The summed E-state index contributed by atoms with van der Waals surface area (Å²) in [6.07, 6.45) is 1.78. The normalized spacial score (nSPS) is 14.9. The maximum atomic E-state index is 10.5. The minimum atomic E-state index is -0.756. The Kier molecular flexibility index (Phi) is 3.42. The Morgan fingerprint density at radius 1 is 1.41 bits per heavy atom. The number of nitrogens with zero attached hydrogens (tertiary/aromatic N) is 2. The van der Waals surface area contributed by atoms with Gasteiger partial charge in [-0.05, 0) is 31.0 Å². The van der Waals surface area contributed by atoms with Crippen LogP contribution in [0.4, 0.5) is 5.69 Å². The predicted octanol–water partition coefficient (Wildman–Crippen LogP) is 2.29. The van der Waals surface area contributed by atoms with Crippen molar-refractivity contribution in [3.8, 4) is 0 Å². The number of carboxylic acid groups (broad SMARTS) is 1. The van der Waals surface area contributed by atoms with Crippen LogP contribution in [0.15, 0.2) is 29.4 Å². The third-order valence-corrected chi connectivity index (χ3v) is 2.84. The van der Waals surface area contributed by atoms with Gasteiger partial charge in [0, 0.05) is 25.1 Å². The Bertz CT molecular complexity index is 437. The Hall–Kier alpha value is -1.84. The number of rotatable bonds is 4. The van der Waals surface area contributed by atoms with Crippen LogP contribution in [0.25, 0.3) is 0 Å². The molecule has 17 heavy (non-hydrogen) atoms. The lowest BCUT2D eigenvalue weighted by Gasteiger charge is -2.13. The molecular weight excluding hydrogens is 216 g/mol. The summed E-state index contributed by atoms with van der Waals surface area (Å²) in [7, 11) is 0. The molecule has 1 aliphatic heterocycles. The monoisotopic (exact) mass is 232 g/mol. The predicted molar refractivity (Wildman–Crippen MR) is 67.5 cm³/mol. The van der Waals surface area contributed by atoms with Crippen molar-refractivity contribution in [1.82, 2.24) is 0 Å². The molecule has 1 N–H and O–H groups in total. The van der Waals surface area contributed by atoms with Crippen molar-refractivity contribution in [2.75, 3.05) is 11.6 Å². The Morgan fingerprint density at radius 2 is 2.12 bits per heavy atom. The number of hydrazone groups is 1. The van der Waals surface area contributed by atoms with Crippen LogP contribution < -0.4 is 5.01 Å². The zero-order valence-electron chi connectivity index (χ0n) is 9.89. The van der Waals surface area contributed by atoms with Gasteiger partial charge >= 0.3 is 5.97 Å². The zero-order valence-corrected chi connectivity index (χ0v) is 9.89. The van der Waals surface area contributed by atoms with Crippen molar-refractivity contribution in [2.24, 2.45) is 5.10 Å². The summed E-state index contributed by atoms with van der Waals surface area (Å²) in [5.41, 5.74) is 3.27. The highest BCUT2D eigenvalue weighted by Gasteiger charge is 2.12. The lowest BCUT2D eigenvalue weighted by molar-refractivity contribution is -0.136. The Morgan fingerprint density at radius 3 is 2.65 bits per heavy atom. The van der Waals surface area contributed by atoms with Gasteiger partial charge in [-0.1, -0.05) is 12.1 Å².